The fourth-order valence-electron chi connectivity index (χ4n) is 0.988. The minimum atomic E-state index is -0.516. The molecule has 1 atom stereocenters. The predicted octanol–water partition coefficient (Wildman–Crippen LogP) is 2.24. The van der Waals surface area contributed by atoms with Crippen molar-refractivity contribution in [3.05, 3.63) is 48.6 Å². The molecule has 1 rings (SSSR count). The third-order valence-electron chi connectivity index (χ3n) is 1.68. The zero-order valence-electron chi connectivity index (χ0n) is 6.33. The van der Waals surface area contributed by atoms with Crippen LogP contribution in [0.4, 0.5) is 0 Å². The van der Waals surface area contributed by atoms with E-state index in [1.54, 1.807) is 0 Å². The summed E-state index contributed by atoms with van der Waals surface area (Å²) < 4.78 is 0. The Bertz CT molecular complexity index is 220. The Morgan fingerprint density at radius 2 is 2.00 bits per heavy atom. The molecule has 11 heavy (non-hydrogen) atoms. The molecule has 0 aliphatic carbocycles. The van der Waals surface area contributed by atoms with Gasteiger partial charge in [-0.2, -0.15) is 11.1 Å². The number of hydrogen-bond donors (Lipinski definition) is 0. The number of rotatable bonds is 3. The lowest BCUT2D eigenvalue weighted by molar-refractivity contribution is 1.21. The van der Waals surface area contributed by atoms with Crippen LogP contribution in [0.1, 0.15) is 11.1 Å². The number of halogens is 1. The summed E-state index contributed by atoms with van der Waals surface area (Å²) in [4.78, 5) is 0. The van der Waals surface area contributed by atoms with Gasteiger partial charge < -0.3 is 0 Å². The normalized spacial score (nSPS) is 13.5. The average Bonchev–Trinajstić information content (AvgIpc) is 2.09. The number of hydrogen-bond acceptors (Lipinski definition) is 0. The summed E-state index contributed by atoms with van der Waals surface area (Å²) in [6.07, 6.45) is 1.94. The van der Waals surface area contributed by atoms with Crippen LogP contribution in [-0.2, 0) is 0 Å². The van der Waals surface area contributed by atoms with E-state index in [9.17, 15) is 0 Å². The zero-order chi connectivity index (χ0) is 8.10. The fourth-order valence-corrected chi connectivity index (χ4v) is 2.48. The summed E-state index contributed by atoms with van der Waals surface area (Å²) >= 11 is 5.87. The molecule has 0 heterocycles. The van der Waals surface area contributed by atoms with Gasteiger partial charge in [0.05, 0.1) is 0 Å². The lowest BCUT2D eigenvalue weighted by Crippen LogP contribution is -1.98. The Kier molecular flexibility index (Phi) is 3.40. The van der Waals surface area contributed by atoms with Gasteiger partial charge in [0.2, 0.25) is 0 Å². The van der Waals surface area contributed by atoms with Crippen LogP contribution < -0.4 is 0 Å². The Hall–Kier alpha value is -0.533. The second-order valence-electron chi connectivity index (χ2n) is 2.41. The Morgan fingerprint density at radius 1 is 1.36 bits per heavy atom. The van der Waals surface area contributed by atoms with Gasteiger partial charge >= 0.3 is 0 Å². The first kappa shape index (κ1) is 8.56. The van der Waals surface area contributed by atoms with E-state index >= 15 is 0 Å². The first-order valence-electron chi connectivity index (χ1n) is 3.62. The molecule has 1 aromatic rings. The highest BCUT2D eigenvalue weighted by atomic mass is 35.6. The molecule has 0 spiro atoms. The second kappa shape index (κ2) is 4.37. The topological polar surface area (TPSA) is 0 Å². The van der Waals surface area contributed by atoms with Crippen LogP contribution in [-0.4, -0.2) is 8.83 Å². The van der Waals surface area contributed by atoms with Crippen LogP contribution in [0.5, 0.6) is 0 Å². The van der Waals surface area contributed by atoms with Gasteiger partial charge in [-0.1, -0.05) is 36.4 Å². The second-order valence-corrected chi connectivity index (χ2v) is 4.52. The molecule has 0 saturated carbocycles. The molecular formula is C9H11ClSi. The van der Waals surface area contributed by atoms with Crippen molar-refractivity contribution in [3.63, 3.8) is 0 Å². The van der Waals surface area contributed by atoms with E-state index in [4.69, 9.17) is 11.1 Å². The highest BCUT2D eigenvalue weighted by molar-refractivity contribution is 6.94. The van der Waals surface area contributed by atoms with E-state index in [-0.39, 0.29) is 0 Å². The molecule has 0 aromatic heterocycles. The third kappa shape index (κ3) is 2.21. The SMILES string of the molecule is C=CC([SiH2]Cl)c1ccccc1. The van der Waals surface area contributed by atoms with E-state index < -0.39 is 8.83 Å². The van der Waals surface area contributed by atoms with Crippen molar-refractivity contribution in [2.24, 2.45) is 0 Å². The Morgan fingerprint density at radius 3 is 2.45 bits per heavy atom. The minimum absolute atomic E-state index is 0.429. The fraction of sp³-hybridized carbons (Fsp3) is 0.111. The van der Waals surface area contributed by atoms with Crippen molar-refractivity contribution in [1.29, 1.82) is 0 Å². The summed E-state index contributed by atoms with van der Waals surface area (Å²) in [5.74, 6) is 0. The molecule has 58 valence electrons. The number of allylic oxidation sites excluding steroid dienone is 1. The van der Waals surface area contributed by atoms with Crippen molar-refractivity contribution in [3.8, 4) is 0 Å². The summed E-state index contributed by atoms with van der Waals surface area (Å²) in [6.45, 7) is 3.76. The maximum atomic E-state index is 5.87. The van der Waals surface area contributed by atoms with Gasteiger partial charge in [0, 0.05) is 5.54 Å². The summed E-state index contributed by atoms with van der Waals surface area (Å²) in [5, 5.41) is 0. The van der Waals surface area contributed by atoms with Crippen LogP contribution in [0.2, 0.25) is 0 Å². The van der Waals surface area contributed by atoms with Gasteiger partial charge in [0.1, 0.15) is 8.83 Å². The highest BCUT2D eigenvalue weighted by Gasteiger charge is 2.03. The third-order valence-corrected chi connectivity index (χ3v) is 3.81. The van der Waals surface area contributed by atoms with Crippen molar-refractivity contribution < 1.29 is 0 Å². The number of benzene rings is 1. The van der Waals surface area contributed by atoms with E-state index in [1.165, 1.54) is 5.56 Å². The lowest BCUT2D eigenvalue weighted by Gasteiger charge is -2.06. The molecule has 2 heteroatoms. The van der Waals surface area contributed by atoms with Crippen LogP contribution in [0, 0.1) is 0 Å². The molecule has 0 N–H and O–H groups in total. The molecule has 0 aliphatic rings. The Labute approximate surface area is 74.4 Å². The van der Waals surface area contributed by atoms with Gasteiger partial charge in [-0.05, 0) is 5.56 Å². The van der Waals surface area contributed by atoms with Crippen LogP contribution >= 0.6 is 11.1 Å². The van der Waals surface area contributed by atoms with Crippen LogP contribution in [0.3, 0.4) is 0 Å². The molecular weight excluding hydrogens is 172 g/mol. The van der Waals surface area contributed by atoms with Gasteiger partial charge in [0.15, 0.2) is 0 Å². The van der Waals surface area contributed by atoms with E-state index in [0.29, 0.717) is 5.54 Å². The van der Waals surface area contributed by atoms with E-state index in [2.05, 4.69) is 18.7 Å². The molecule has 0 radical (unpaired) electrons. The Balaban J connectivity index is 2.82. The molecule has 1 aromatic carbocycles. The minimum Gasteiger partial charge on any atom is -0.175 e. The zero-order valence-corrected chi connectivity index (χ0v) is 8.50. The predicted molar refractivity (Wildman–Crippen MR) is 53.8 cm³/mol. The molecule has 0 fully saturated rings. The van der Waals surface area contributed by atoms with Gasteiger partial charge in [-0.25, -0.2) is 0 Å². The van der Waals surface area contributed by atoms with Crippen LogP contribution in [0.25, 0.3) is 0 Å². The molecule has 0 nitrogen and oxygen atoms in total. The van der Waals surface area contributed by atoms with E-state index in [1.807, 2.05) is 24.3 Å². The van der Waals surface area contributed by atoms with Crippen molar-refractivity contribution in [2.75, 3.05) is 0 Å². The van der Waals surface area contributed by atoms with Gasteiger partial charge in [-0.15, -0.1) is 6.58 Å². The first-order valence-corrected chi connectivity index (χ1v) is 6.57. The molecule has 0 aliphatic heterocycles. The molecule has 0 saturated heterocycles. The van der Waals surface area contributed by atoms with E-state index in [0.717, 1.165) is 0 Å². The van der Waals surface area contributed by atoms with Gasteiger partial charge in [-0.3, -0.25) is 0 Å². The van der Waals surface area contributed by atoms with Gasteiger partial charge in [0.25, 0.3) is 0 Å². The largest absolute Gasteiger partial charge is 0.175 e. The quantitative estimate of drug-likeness (QED) is 0.382. The molecule has 1 unspecified atom stereocenters. The molecule has 0 bridgehead atoms. The first-order chi connectivity index (χ1) is 5.38. The summed E-state index contributed by atoms with van der Waals surface area (Å²) in [6, 6.07) is 10.3. The highest BCUT2D eigenvalue weighted by Crippen LogP contribution is 2.15. The van der Waals surface area contributed by atoms with Crippen molar-refractivity contribution in [1.82, 2.24) is 0 Å². The lowest BCUT2D eigenvalue weighted by atomic mass is 10.1. The van der Waals surface area contributed by atoms with Crippen molar-refractivity contribution in [2.45, 2.75) is 5.54 Å². The van der Waals surface area contributed by atoms with Crippen LogP contribution in [0.15, 0.2) is 43.0 Å². The van der Waals surface area contributed by atoms with Crippen molar-refractivity contribution >= 4 is 19.9 Å². The maximum Gasteiger partial charge on any atom is 0.136 e. The maximum absolute atomic E-state index is 5.87. The monoisotopic (exact) mass is 182 g/mol. The summed E-state index contributed by atoms with van der Waals surface area (Å²) in [5.41, 5.74) is 1.72. The standard InChI is InChI=1S/C9H11ClSi/c1-2-9(11-10)8-6-4-3-5-7-8/h2-7,9H,1,11H2. The summed E-state index contributed by atoms with van der Waals surface area (Å²) in [7, 11) is -0.516. The smallest absolute Gasteiger partial charge is 0.136 e. The average molecular weight is 183 g/mol. The molecule has 0 amide bonds.